The molecule has 1 aromatic rings. The second kappa shape index (κ2) is 15.3. The SMILES string of the molecule is CCCCCCCC[C@H](NC(=O)[C@H](NC(=O)OCc1ccccc1)C(C)C)C(=O)OC. The molecular formula is C24H38N2O5. The summed E-state index contributed by atoms with van der Waals surface area (Å²) in [6.07, 6.45) is 6.33. The van der Waals surface area contributed by atoms with E-state index in [0.29, 0.717) is 6.42 Å². The van der Waals surface area contributed by atoms with Crippen molar-refractivity contribution < 1.29 is 23.9 Å². The number of methoxy groups -OCH3 is 1. The molecule has 0 spiro atoms. The van der Waals surface area contributed by atoms with Crippen LogP contribution in [0.1, 0.15) is 71.3 Å². The summed E-state index contributed by atoms with van der Waals surface area (Å²) in [6.45, 7) is 5.92. The summed E-state index contributed by atoms with van der Waals surface area (Å²) in [7, 11) is 1.31. The molecule has 0 saturated heterocycles. The molecule has 0 aliphatic carbocycles. The summed E-state index contributed by atoms with van der Waals surface area (Å²) >= 11 is 0. The highest BCUT2D eigenvalue weighted by Gasteiger charge is 2.29. The molecule has 174 valence electrons. The molecule has 2 N–H and O–H groups in total. The zero-order chi connectivity index (χ0) is 23.1. The molecule has 1 aromatic carbocycles. The number of hydrogen-bond acceptors (Lipinski definition) is 5. The largest absolute Gasteiger partial charge is 0.467 e. The number of rotatable bonds is 14. The molecule has 2 amide bonds. The first-order valence-corrected chi connectivity index (χ1v) is 11.2. The van der Waals surface area contributed by atoms with Gasteiger partial charge in [-0.3, -0.25) is 4.79 Å². The third-order valence-corrected chi connectivity index (χ3v) is 5.08. The van der Waals surface area contributed by atoms with Gasteiger partial charge in [0.15, 0.2) is 0 Å². The molecule has 1 rings (SSSR count). The van der Waals surface area contributed by atoms with Gasteiger partial charge in [-0.15, -0.1) is 0 Å². The predicted molar refractivity (Wildman–Crippen MR) is 120 cm³/mol. The molecular weight excluding hydrogens is 396 g/mol. The molecule has 0 radical (unpaired) electrons. The monoisotopic (exact) mass is 434 g/mol. The van der Waals surface area contributed by atoms with Crippen LogP contribution in [-0.2, 0) is 25.7 Å². The molecule has 7 nitrogen and oxygen atoms in total. The maximum absolute atomic E-state index is 12.8. The van der Waals surface area contributed by atoms with Gasteiger partial charge in [0.1, 0.15) is 18.7 Å². The highest BCUT2D eigenvalue weighted by atomic mass is 16.5. The molecule has 31 heavy (non-hydrogen) atoms. The smallest absolute Gasteiger partial charge is 0.408 e. The standard InChI is InChI=1S/C24H38N2O5/c1-5-6-7-8-9-13-16-20(23(28)30-4)25-22(27)21(18(2)3)26-24(29)31-17-19-14-11-10-12-15-19/h10-12,14-15,18,20-21H,5-9,13,16-17H2,1-4H3,(H,25,27)(H,26,29)/t20-,21+/m0/s1. The van der Waals surface area contributed by atoms with Gasteiger partial charge in [-0.25, -0.2) is 9.59 Å². The Kier molecular flexibility index (Phi) is 13.0. The summed E-state index contributed by atoms with van der Waals surface area (Å²) < 4.78 is 10.1. The van der Waals surface area contributed by atoms with E-state index in [-0.39, 0.29) is 12.5 Å². The lowest BCUT2D eigenvalue weighted by Gasteiger charge is -2.24. The molecule has 0 fully saturated rings. The van der Waals surface area contributed by atoms with Crippen molar-refractivity contribution in [3.05, 3.63) is 35.9 Å². The lowest BCUT2D eigenvalue weighted by molar-refractivity contribution is -0.145. The maximum atomic E-state index is 12.8. The van der Waals surface area contributed by atoms with Crippen LogP contribution in [0.5, 0.6) is 0 Å². The van der Waals surface area contributed by atoms with Gasteiger partial charge in [-0.2, -0.15) is 0 Å². The van der Waals surface area contributed by atoms with E-state index < -0.39 is 30.1 Å². The number of amides is 2. The number of unbranched alkanes of at least 4 members (excludes halogenated alkanes) is 5. The number of carbonyl (C=O) groups is 3. The summed E-state index contributed by atoms with van der Waals surface area (Å²) in [6, 6.07) is 7.75. The molecule has 0 heterocycles. The second-order valence-electron chi connectivity index (χ2n) is 8.07. The lowest BCUT2D eigenvalue weighted by Crippen LogP contribution is -2.53. The van der Waals surface area contributed by atoms with Crippen LogP contribution in [0.4, 0.5) is 4.79 Å². The normalized spacial score (nSPS) is 12.7. The first-order valence-electron chi connectivity index (χ1n) is 11.2. The van der Waals surface area contributed by atoms with Gasteiger partial charge in [-0.05, 0) is 17.9 Å². The number of nitrogens with one attached hydrogen (secondary N) is 2. The van der Waals surface area contributed by atoms with Gasteiger partial charge in [0.25, 0.3) is 0 Å². The third-order valence-electron chi connectivity index (χ3n) is 5.08. The summed E-state index contributed by atoms with van der Waals surface area (Å²) in [5.74, 6) is -1.08. The Morgan fingerprint density at radius 3 is 2.19 bits per heavy atom. The molecule has 0 unspecified atom stereocenters. The predicted octanol–water partition coefficient (Wildman–Crippen LogP) is 4.35. The lowest BCUT2D eigenvalue weighted by atomic mass is 10.0. The maximum Gasteiger partial charge on any atom is 0.408 e. The first kappa shape index (κ1) is 26.5. The van der Waals surface area contributed by atoms with Gasteiger partial charge >= 0.3 is 12.1 Å². The number of esters is 1. The number of hydrogen-bond donors (Lipinski definition) is 2. The minimum atomic E-state index is -0.819. The van der Waals surface area contributed by atoms with Crippen molar-refractivity contribution >= 4 is 18.0 Å². The van der Waals surface area contributed by atoms with E-state index in [2.05, 4.69) is 17.6 Å². The number of ether oxygens (including phenoxy) is 2. The van der Waals surface area contributed by atoms with Crippen LogP contribution in [0.2, 0.25) is 0 Å². The van der Waals surface area contributed by atoms with Gasteiger partial charge < -0.3 is 20.1 Å². The summed E-state index contributed by atoms with van der Waals surface area (Å²) in [5, 5.41) is 5.36. The first-order chi connectivity index (χ1) is 14.9. The summed E-state index contributed by atoms with van der Waals surface area (Å²) in [4.78, 5) is 37.2. The van der Waals surface area contributed by atoms with E-state index in [4.69, 9.17) is 9.47 Å². The summed E-state index contributed by atoms with van der Waals surface area (Å²) in [5.41, 5.74) is 0.855. The Labute approximate surface area is 186 Å². The molecule has 7 heteroatoms. The van der Waals surface area contributed by atoms with Crippen LogP contribution in [-0.4, -0.2) is 37.2 Å². The van der Waals surface area contributed by atoms with Crippen LogP contribution in [0.25, 0.3) is 0 Å². The fourth-order valence-electron chi connectivity index (χ4n) is 3.21. The minimum Gasteiger partial charge on any atom is -0.467 e. The van der Waals surface area contributed by atoms with E-state index in [1.54, 1.807) is 0 Å². The van der Waals surface area contributed by atoms with Gasteiger partial charge in [0.05, 0.1) is 7.11 Å². The Bertz CT molecular complexity index is 663. The van der Waals surface area contributed by atoms with Crippen molar-refractivity contribution in [2.75, 3.05) is 7.11 Å². The van der Waals surface area contributed by atoms with Crippen LogP contribution in [0, 0.1) is 5.92 Å². The Morgan fingerprint density at radius 2 is 1.58 bits per heavy atom. The number of alkyl carbamates (subject to hydrolysis) is 1. The zero-order valence-corrected chi connectivity index (χ0v) is 19.3. The van der Waals surface area contributed by atoms with Crippen molar-refractivity contribution in [3.8, 4) is 0 Å². The fourth-order valence-corrected chi connectivity index (χ4v) is 3.21. The van der Waals surface area contributed by atoms with E-state index in [0.717, 1.165) is 24.8 Å². The van der Waals surface area contributed by atoms with Crippen LogP contribution < -0.4 is 10.6 Å². The van der Waals surface area contributed by atoms with E-state index in [1.165, 1.54) is 26.4 Å². The number of benzene rings is 1. The average Bonchev–Trinajstić information content (AvgIpc) is 2.77. The van der Waals surface area contributed by atoms with E-state index >= 15 is 0 Å². The third kappa shape index (κ3) is 10.9. The second-order valence-corrected chi connectivity index (χ2v) is 8.07. The van der Waals surface area contributed by atoms with Crippen molar-refractivity contribution in [3.63, 3.8) is 0 Å². The van der Waals surface area contributed by atoms with Gasteiger partial charge in [0, 0.05) is 0 Å². The van der Waals surface area contributed by atoms with E-state index in [1.807, 2.05) is 44.2 Å². The van der Waals surface area contributed by atoms with E-state index in [9.17, 15) is 14.4 Å². The van der Waals surface area contributed by atoms with Crippen molar-refractivity contribution in [1.29, 1.82) is 0 Å². The molecule has 0 aliphatic heterocycles. The van der Waals surface area contributed by atoms with Crippen molar-refractivity contribution in [2.45, 2.75) is 84.4 Å². The molecule has 0 aromatic heterocycles. The number of carbonyl (C=O) groups excluding carboxylic acids is 3. The van der Waals surface area contributed by atoms with Crippen LogP contribution >= 0.6 is 0 Å². The highest BCUT2D eigenvalue weighted by molar-refractivity contribution is 5.89. The topological polar surface area (TPSA) is 93.7 Å². The Morgan fingerprint density at radius 1 is 0.935 bits per heavy atom. The molecule has 0 saturated carbocycles. The van der Waals surface area contributed by atoms with Gasteiger partial charge in [-0.1, -0.05) is 89.6 Å². The Balaban J connectivity index is 2.58. The molecule has 0 aliphatic rings. The highest BCUT2D eigenvalue weighted by Crippen LogP contribution is 2.11. The van der Waals surface area contributed by atoms with Gasteiger partial charge in [0.2, 0.25) is 5.91 Å². The molecule has 2 atom stereocenters. The van der Waals surface area contributed by atoms with Crippen molar-refractivity contribution in [2.24, 2.45) is 5.92 Å². The minimum absolute atomic E-state index is 0.113. The van der Waals surface area contributed by atoms with Crippen LogP contribution in [0.3, 0.4) is 0 Å². The molecule has 0 bridgehead atoms. The Hall–Kier alpha value is -2.57. The van der Waals surface area contributed by atoms with Crippen molar-refractivity contribution in [1.82, 2.24) is 10.6 Å². The fraction of sp³-hybridized carbons (Fsp3) is 0.625. The zero-order valence-electron chi connectivity index (χ0n) is 19.3. The van der Waals surface area contributed by atoms with Crippen LogP contribution in [0.15, 0.2) is 30.3 Å². The average molecular weight is 435 g/mol. The quantitative estimate of drug-likeness (QED) is 0.335.